The highest BCUT2D eigenvalue weighted by atomic mass is 16.1. The molecule has 0 N–H and O–H groups in total. The third-order valence-corrected chi connectivity index (χ3v) is 5.83. The summed E-state index contributed by atoms with van der Waals surface area (Å²) in [5, 5.41) is 0. The number of ketones is 1. The van der Waals surface area contributed by atoms with Gasteiger partial charge in [-0.1, -0.05) is 57.0 Å². The van der Waals surface area contributed by atoms with Crippen LogP contribution in [0.2, 0.25) is 0 Å². The van der Waals surface area contributed by atoms with Gasteiger partial charge in [-0.15, -0.1) is 0 Å². The molecule has 2 heteroatoms. The van der Waals surface area contributed by atoms with Gasteiger partial charge in [0.05, 0.1) is 0 Å². The Morgan fingerprint density at radius 1 is 1.10 bits per heavy atom. The van der Waals surface area contributed by atoms with E-state index >= 15 is 0 Å². The minimum Gasteiger partial charge on any atom is -0.297 e. The summed E-state index contributed by atoms with van der Waals surface area (Å²) < 4.78 is 0. The Morgan fingerprint density at radius 2 is 1.67 bits per heavy atom. The quantitative estimate of drug-likeness (QED) is 0.731. The van der Waals surface area contributed by atoms with Gasteiger partial charge in [-0.3, -0.25) is 9.69 Å². The topological polar surface area (TPSA) is 20.3 Å². The SMILES string of the molecule is CCN(CC)C1(CC(=O)c2ccccc2)[C@@H]2CCCC[C@@H]21. The van der Waals surface area contributed by atoms with Crippen molar-refractivity contribution in [3.63, 3.8) is 0 Å². The van der Waals surface area contributed by atoms with E-state index in [0.29, 0.717) is 12.2 Å². The zero-order valence-electron chi connectivity index (χ0n) is 13.3. The van der Waals surface area contributed by atoms with Crippen molar-refractivity contribution in [2.75, 3.05) is 13.1 Å². The highest BCUT2D eigenvalue weighted by Gasteiger charge is 2.66. The third kappa shape index (κ3) is 2.44. The standard InChI is InChI=1S/C19H27NO/c1-3-20(4-2)19(16-12-8-9-13-17(16)19)14-18(21)15-10-6-5-7-11-15/h5-7,10-11,16-17H,3-4,8-9,12-14H2,1-2H3/t16-,17+,19?. The van der Waals surface area contributed by atoms with E-state index in [1.54, 1.807) is 0 Å². The molecule has 114 valence electrons. The first-order chi connectivity index (χ1) is 10.2. The summed E-state index contributed by atoms with van der Waals surface area (Å²) in [6.07, 6.45) is 6.06. The smallest absolute Gasteiger partial charge is 0.164 e. The summed E-state index contributed by atoms with van der Waals surface area (Å²) in [5.74, 6) is 1.86. The lowest BCUT2D eigenvalue weighted by molar-refractivity contribution is 0.0875. The molecule has 0 radical (unpaired) electrons. The van der Waals surface area contributed by atoms with Gasteiger partial charge in [0.2, 0.25) is 0 Å². The van der Waals surface area contributed by atoms with E-state index in [4.69, 9.17) is 0 Å². The van der Waals surface area contributed by atoms with Gasteiger partial charge in [-0.25, -0.2) is 0 Å². The van der Waals surface area contributed by atoms with E-state index in [0.717, 1.165) is 30.5 Å². The van der Waals surface area contributed by atoms with Crippen LogP contribution in [0.1, 0.15) is 56.3 Å². The fourth-order valence-electron chi connectivity index (χ4n) is 4.86. The largest absolute Gasteiger partial charge is 0.297 e. The molecule has 0 heterocycles. The summed E-state index contributed by atoms with van der Waals surface area (Å²) in [4.78, 5) is 15.3. The number of benzene rings is 1. The molecule has 2 aliphatic rings. The van der Waals surface area contributed by atoms with E-state index in [1.165, 1.54) is 25.7 Å². The monoisotopic (exact) mass is 285 g/mol. The summed E-state index contributed by atoms with van der Waals surface area (Å²) in [6.45, 7) is 6.60. The van der Waals surface area contributed by atoms with Crippen molar-refractivity contribution in [1.82, 2.24) is 4.90 Å². The highest BCUT2D eigenvalue weighted by Crippen LogP contribution is 2.63. The van der Waals surface area contributed by atoms with Crippen LogP contribution in [-0.2, 0) is 0 Å². The van der Waals surface area contributed by atoms with Crippen molar-refractivity contribution in [1.29, 1.82) is 0 Å². The van der Waals surface area contributed by atoms with Crippen LogP contribution in [0.4, 0.5) is 0 Å². The highest BCUT2D eigenvalue weighted by molar-refractivity contribution is 5.97. The molecule has 2 aliphatic carbocycles. The average Bonchev–Trinajstić information content (AvgIpc) is 3.18. The molecule has 3 atom stereocenters. The van der Waals surface area contributed by atoms with Crippen molar-refractivity contribution in [3.8, 4) is 0 Å². The Hall–Kier alpha value is -1.15. The molecule has 2 fully saturated rings. The van der Waals surface area contributed by atoms with Crippen LogP contribution in [0.5, 0.6) is 0 Å². The van der Waals surface area contributed by atoms with Gasteiger partial charge in [-0.05, 0) is 37.8 Å². The van der Waals surface area contributed by atoms with E-state index < -0.39 is 0 Å². The molecule has 2 saturated carbocycles. The molecule has 21 heavy (non-hydrogen) atoms. The van der Waals surface area contributed by atoms with Gasteiger partial charge in [0.1, 0.15) is 0 Å². The minimum absolute atomic E-state index is 0.174. The van der Waals surface area contributed by atoms with Crippen LogP contribution in [-0.4, -0.2) is 29.3 Å². The number of carbonyl (C=O) groups excluding carboxylic acids is 1. The van der Waals surface area contributed by atoms with Gasteiger partial charge >= 0.3 is 0 Å². The molecule has 1 aromatic carbocycles. The Morgan fingerprint density at radius 3 is 2.19 bits per heavy atom. The molecular weight excluding hydrogens is 258 g/mol. The molecule has 1 aromatic rings. The first-order valence-electron chi connectivity index (χ1n) is 8.57. The summed E-state index contributed by atoms with van der Waals surface area (Å²) >= 11 is 0. The number of fused-ring (bicyclic) bond motifs is 1. The van der Waals surface area contributed by atoms with Gasteiger partial charge in [0, 0.05) is 17.5 Å². The predicted octanol–water partition coefficient (Wildman–Crippen LogP) is 4.16. The van der Waals surface area contributed by atoms with Crippen LogP contribution in [0.25, 0.3) is 0 Å². The Bertz CT molecular complexity index is 480. The first-order valence-corrected chi connectivity index (χ1v) is 8.57. The lowest BCUT2D eigenvalue weighted by Gasteiger charge is -2.31. The molecule has 2 nitrogen and oxygen atoms in total. The van der Waals surface area contributed by atoms with Crippen LogP contribution >= 0.6 is 0 Å². The number of Topliss-reactive ketones (excluding diaryl/α,β-unsaturated/α-hetero) is 1. The van der Waals surface area contributed by atoms with Crippen LogP contribution in [0.15, 0.2) is 30.3 Å². The first kappa shape index (κ1) is 14.8. The van der Waals surface area contributed by atoms with Crippen LogP contribution < -0.4 is 0 Å². The maximum Gasteiger partial charge on any atom is 0.164 e. The van der Waals surface area contributed by atoms with E-state index in [1.807, 2.05) is 30.3 Å². The van der Waals surface area contributed by atoms with E-state index in [-0.39, 0.29) is 5.54 Å². The fourth-order valence-corrected chi connectivity index (χ4v) is 4.86. The minimum atomic E-state index is 0.174. The lowest BCUT2D eigenvalue weighted by Crippen LogP contribution is -2.41. The van der Waals surface area contributed by atoms with E-state index in [2.05, 4.69) is 18.7 Å². The molecule has 0 aromatic heterocycles. The second-order valence-corrected chi connectivity index (χ2v) is 6.63. The van der Waals surface area contributed by atoms with Crippen molar-refractivity contribution >= 4 is 5.78 Å². The summed E-state index contributed by atoms with van der Waals surface area (Å²) in [5.41, 5.74) is 1.06. The van der Waals surface area contributed by atoms with Crippen LogP contribution in [0.3, 0.4) is 0 Å². The predicted molar refractivity (Wildman–Crippen MR) is 86.5 cm³/mol. The zero-order chi connectivity index (χ0) is 14.9. The van der Waals surface area contributed by atoms with E-state index in [9.17, 15) is 4.79 Å². The second kappa shape index (κ2) is 5.92. The van der Waals surface area contributed by atoms with Gasteiger partial charge in [0.25, 0.3) is 0 Å². The molecule has 1 unspecified atom stereocenters. The molecule has 0 amide bonds. The molecular formula is C19H27NO. The zero-order valence-corrected chi connectivity index (χ0v) is 13.3. The fraction of sp³-hybridized carbons (Fsp3) is 0.632. The molecule has 3 rings (SSSR count). The number of rotatable bonds is 6. The second-order valence-electron chi connectivity index (χ2n) is 6.63. The van der Waals surface area contributed by atoms with Crippen LogP contribution in [0, 0.1) is 11.8 Å². The molecule has 0 aliphatic heterocycles. The number of hydrogen-bond acceptors (Lipinski definition) is 2. The van der Waals surface area contributed by atoms with Gasteiger partial charge < -0.3 is 0 Å². The van der Waals surface area contributed by atoms with Gasteiger partial charge in [-0.2, -0.15) is 0 Å². The number of hydrogen-bond donors (Lipinski definition) is 0. The average molecular weight is 285 g/mol. The molecule has 0 spiro atoms. The summed E-state index contributed by atoms with van der Waals surface area (Å²) in [7, 11) is 0. The van der Waals surface area contributed by atoms with Crippen molar-refractivity contribution < 1.29 is 4.79 Å². The number of carbonyl (C=O) groups is 1. The third-order valence-electron chi connectivity index (χ3n) is 5.83. The normalized spacial score (nSPS) is 31.0. The Balaban J connectivity index is 1.83. The maximum atomic E-state index is 12.8. The van der Waals surface area contributed by atoms with Crippen molar-refractivity contribution in [2.45, 2.75) is 51.5 Å². The Labute approximate surface area is 128 Å². The van der Waals surface area contributed by atoms with Crippen molar-refractivity contribution in [2.24, 2.45) is 11.8 Å². The molecule has 0 bridgehead atoms. The van der Waals surface area contributed by atoms with Gasteiger partial charge in [0.15, 0.2) is 5.78 Å². The molecule has 0 saturated heterocycles. The maximum absolute atomic E-state index is 12.8. The summed E-state index contributed by atoms with van der Waals surface area (Å²) in [6, 6.07) is 9.84. The Kier molecular flexibility index (Phi) is 4.17. The van der Waals surface area contributed by atoms with Crippen molar-refractivity contribution in [3.05, 3.63) is 35.9 Å². The number of nitrogens with zero attached hydrogens (tertiary/aromatic N) is 1. The lowest BCUT2D eigenvalue weighted by atomic mass is 9.97.